The zero-order chi connectivity index (χ0) is 39.7. The Balaban J connectivity index is 1.42. The van der Waals surface area contributed by atoms with E-state index in [0.29, 0.717) is 23.9 Å². The van der Waals surface area contributed by atoms with E-state index in [2.05, 4.69) is 157 Å². The van der Waals surface area contributed by atoms with E-state index in [1.807, 2.05) is 55.5 Å². The van der Waals surface area contributed by atoms with E-state index in [4.69, 9.17) is 15.0 Å². The van der Waals surface area contributed by atoms with Crippen LogP contribution in [0.1, 0.15) is 74.1 Å². The lowest BCUT2D eigenvalue weighted by Crippen LogP contribution is -2.14. The molecule has 1 aliphatic carbocycles. The summed E-state index contributed by atoms with van der Waals surface area (Å²) in [5, 5.41) is 0. The Bertz CT molecular complexity index is 2490. The number of rotatable bonds is 13. The smallest absolute Gasteiger partial charge is 0.163 e. The van der Waals surface area contributed by atoms with Crippen molar-refractivity contribution >= 4 is 17.2 Å². The van der Waals surface area contributed by atoms with Crippen molar-refractivity contribution in [2.45, 2.75) is 53.4 Å². The predicted molar refractivity (Wildman–Crippen MR) is 241 cm³/mol. The van der Waals surface area contributed by atoms with E-state index < -0.39 is 0 Å². The molecule has 0 unspecified atom stereocenters. The zero-order valence-electron chi connectivity index (χ0n) is 33.6. The van der Waals surface area contributed by atoms with Crippen LogP contribution in [0.25, 0.3) is 50.9 Å². The molecule has 0 saturated carbocycles. The lowest BCUT2D eigenvalue weighted by atomic mass is 9.82. The number of fused-ring (bicyclic) bond motifs is 3. The monoisotopic (exact) mass is 729 g/mol. The second-order valence-electron chi connectivity index (χ2n) is 14.5. The average Bonchev–Trinajstić information content (AvgIpc) is 3.45. The van der Waals surface area contributed by atoms with E-state index in [-0.39, 0.29) is 5.41 Å². The Kier molecular flexibility index (Phi) is 12.5. The summed E-state index contributed by atoms with van der Waals surface area (Å²) in [7, 11) is 0. The Labute approximate surface area is 334 Å². The highest BCUT2D eigenvalue weighted by Gasteiger charge is 2.35. The molecule has 0 atom stereocenters. The molecule has 0 spiro atoms. The minimum atomic E-state index is -0.0355. The van der Waals surface area contributed by atoms with Gasteiger partial charge in [-0.25, -0.2) is 15.0 Å². The number of allylic oxidation sites excluding steroid dienone is 15. The second-order valence-corrected chi connectivity index (χ2v) is 14.5. The topological polar surface area (TPSA) is 38.7 Å². The Morgan fingerprint density at radius 3 is 2.21 bits per heavy atom. The van der Waals surface area contributed by atoms with Crippen molar-refractivity contribution in [1.29, 1.82) is 0 Å². The summed E-state index contributed by atoms with van der Waals surface area (Å²) in [5.74, 6) is 1.99. The number of nitrogens with zero attached hydrogens (tertiary/aromatic N) is 3. The minimum Gasteiger partial charge on any atom is -0.213 e. The number of hydrogen-bond acceptors (Lipinski definition) is 3. The molecular formula is C53H51N3. The molecule has 4 aromatic carbocycles. The summed E-state index contributed by atoms with van der Waals surface area (Å²) in [6, 6.07) is 30.6. The van der Waals surface area contributed by atoms with Crippen LogP contribution in [0.15, 0.2) is 177 Å². The highest BCUT2D eigenvalue weighted by Crippen LogP contribution is 2.49. The normalized spacial score (nSPS) is 14.3. The van der Waals surface area contributed by atoms with Crippen LogP contribution in [0.5, 0.6) is 0 Å². The standard InChI is InChI=1S/C53H51N3/c1-9-12-14-16-18-25-40-26-23-30-45(39(40)6)44(24-11-3)37(4)38(5)51-54-50(32-19-17-15-13-10-2)55-52(56-51)43-28-22-27-41(35-43)42-33-34-49-47(36-42)46-29-20-21-31-48(46)53(49,7)8/h9-31,33-36H,2-3,32H2,1,4-8H3/b12-9-,15-13-,16-14-,19-17-,25-18+,38-37+,44-24+. The van der Waals surface area contributed by atoms with Crippen LogP contribution in [0.3, 0.4) is 0 Å². The Hall–Kier alpha value is -6.45. The first-order valence-electron chi connectivity index (χ1n) is 19.3. The molecule has 0 bridgehead atoms. The molecule has 0 fully saturated rings. The Morgan fingerprint density at radius 1 is 0.679 bits per heavy atom. The van der Waals surface area contributed by atoms with Crippen molar-refractivity contribution in [3.8, 4) is 33.6 Å². The lowest BCUT2D eigenvalue weighted by molar-refractivity contribution is 0.660. The van der Waals surface area contributed by atoms with Gasteiger partial charge in [-0.3, -0.25) is 0 Å². The maximum atomic E-state index is 5.16. The molecule has 3 nitrogen and oxygen atoms in total. The van der Waals surface area contributed by atoms with Gasteiger partial charge in [-0.1, -0.05) is 179 Å². The maximum absolute atomic E-state index is 5.16. The molecular weight excluding hydrogens is 679 g/mol. The summed E-state index contributed by atoms with van der Waals surface area (Å²) in [6.07, 6.45) is 26.5. The summed E-state index contributed by atoms with van der Waals surface area (Å²) >= 11 is 0. The second kappa shape index (κ2) is 17.8. The van der Waals surface area contributed by atoms with Gasteiger partial charge in [0, 0.05) is 17.4 Å². The van der Waals surface area contributed by atoms with Gasteiger partial charge in [-0.15, -0.1) is 0 Å². The van der Waals surface area contributed by atoms with Crippen LogP contribution in [0, 0.1) is 6.92 Å². The van der Waals surface area contributed by atoms with Crippen LogP contribution in [-0.2, 0) is 11.8 Å². The molecule has 278 valence electrons. The van der Waals surface area contributed by atoms with Crippen LogP contribution in [0.2, 0.25) is 0 Å². The molecule has 0 N–H and O–H groups in total. The molecule has 1 aromatic heterocycles. The SMILES string of the molecule is C=C/C=C\C=C/Cc1nc(/C(C)=C(C)/C(=C\C=C)c2cccc(/C=C/C=C\C=C/C)c2C)nc(-c2cccc(-c3ccc4c(c3)-c3ccccc3C4(C)C)c2)n1. The molecule has 0 radical (unpaired) electrons. The zero-order valence-corrected chi connectivity index (χ0v) is 33.6. The quantitative estimate of drug-likeness (QED) is 0.113. The van der Waals surface area contributed by atoms with Gasteiger partial charge in [-0.2, -0.15) is 0 Å². The highest BCUT2D eigenvalue weighted by atomic mass is 15.0. The first kappa shape index (κ1) is 39.2. The molecule has 0 amide bonds. The number of benzene rings is 4. The van der Waals surface area contributed by atoms with E-state index in [1.165, 1.54) is 27.8 Å². The maximum Gasteiger partial charge on any atom is 0.163 e. The summed E-state index contributed by atoms with van der Waals surface area (Å²) in [4.78, 5) is 15.2. The summed E-state index contributed by atoms with van der Waals surface area (Å²) < 4.78 is 0. The van der Waals surface area contributed by atoms with Gasteiger partial charge in [0.2, 0.25) is 0 Å². The summed E-state index contributed by atoms with van der Waals surface area (Å²) in [5.41, 5.74) is 15.1. The van der Waals surface area contributed by atoms with Gasteiger partial charge in [0.25, 0.3) is 0 Å². The third-order valence-electron chi connectivity index (χ3n) is 10.6. The largest absolute Gasteiger partial charge is 0.213 e. The molecule has 1 aliphatic rings. The van der Waals surface area contributed by atoms with Crippen LogP contribution in [0.4, 0.5) is 0 Å². The molecule has 6 rings (SSSR count). The number of aromatic nitrogens is 3. The van der Waals surface area contributed by atoms with Gasteiger partial charge in [-0.05, 0) is 107 Å². The van der Waals surface area contributed by atoms with Crippen molar-refractivity contribution in [2.75, 3.05) is 0 Å². The lowest BCUT2D eigenvalue weighted by Gasteiger charge is -2.21. The van der Waals surface area contributed by atoms with Gasteiger partial charge in [0.1, 0.15) is 5.82 Å². The first-order chi connectivity index (χ1) is 27.2. The molecule has 56 heavy (non-hydrogen) atoms. The fourth-order valence-corrected chi connectivity index (χ4v) is 7.37. The van der Waals surface area contributed by atoms with Gasteiger partial charge in [0.05, 0.1) is 0 Å². The number of hydrogen-bond donors (Lipinski definition) is 0. The van der Waals surface area contributed by atoms with Crippen LogP contribution in [-0.4, -0.2) is 15.0 Å². The molecule has 1 heterocycles. The molecule has 5 aromatic rings. The van der Waals surface area contributed by atoms with Crippen molar-refractivity contribution in [3.63, 3.8) is 0 Å². The van der Waals surface area contributed by atoms with Crippen LogP contribution >= 0.6 is 0 Å². The fourth-order valence-electron chi connectivity index (χ4n) is 7.37. The van der Waals surface area contributed by atoms with E-state index in [9.17, 15) is 0 Å². The van der Waals surface area contributed by atoms with Crippen molar-refractivity contribution in [2.24, 2.45) is 0 Å². The summed E-state index contributed by atoms with van der Waals surface area (Å²) in [6.45, 7) is 20.9. The van der Waals surface area contributed by atoms with E-state index >= 15 is 0 Å². The molecule has 0 aliphatic heterocycles. The minimum absolute atomic E-state index is 0.0355. The van der Waals surface area contributed by atoms with E-state index in [1.54, 1.807) is 6.08 Å². The van der Waals surface area contributed by atoms with Crippen molar-refractivity contribution < 1.29 is 0 Å². The van der Waals surface area contributed by atoms with Crippen LogP contribution < -0.4 is 0 Å². The third-order valence-corrected chi connectivity index (χ3v) is 10.6. The van der Waals surface area contributed by atoms with Gasteiger partial charge >= 0.3 is 0 Å². The average molecular weight is 730 g/mol. The Morgan fingerprint density at radius 2 is 1.41 bits per heavy atom. The van der Waals surface area contributed by atoms with Gasteiger partial charge in [0.15, 0.2) is 11.6 Å². The van der Waals surface area contributed by atoms with Crippen molar-refractivity contribution in [3.05, 3.63) is 216 Å². The predicted octanol–water partition coefficient (Wildman–Crippen LogP) is 13.9. The molecule has 3 heteroatoms. The third kappa shape index (κ3) is 8.43. The van der Waals surface area contributed by atoms with Gasteiger partial charge < -0.3 is 0 Å². The fraction of sp³-hybridized carbons (Fsp3) is 0.151. The van der Waals surface area contributed by atoms with E-state index in [0.717, 1.165) is 44.5 Å². The molecule has 0 saturated heterocycles. The van der Waals surface area contributed by atoms with Crippen molar-refractivity contribution in [1.82, 2.24) is 15.0 Å². The highest BCUT2D eigenvalue weighted by molar-refractivity contribution is 5.90. The first-order valence-corrected chi connectivity index (χ1v) is 19.3.